The third-order valence-corrected chi connectivity index (χ3v) is 8.41. The number of hydrogen-bond donors (Lipinski definition) is 0. The van der Waals surface area contributed by atoms with Crippen molar-refractivity contribution in [2.45, 2.75) is 10.8 Å². The number of esters is 1. The lowest BCUT2D eigenvalue weighted by atomic mass is 10.3. The lowest BCUT2D eigenvalue weighted by molar-refractivity contribution is -0.147. The Balaban J connectivity index is 1.27. The molecule has 4 aromatic rings. The van der Waals surface area contributed by atoms with Crippen LogP contribution in [0.1, 0.15) is 5.69 Å². The van der Waals surface area contributed by atoms with Gasteiger partial charge in [0.2, 0.25) is 0 Å². The fourth-order valence-electron chi connectivity index (χ4n) is 2.69. The number of rotatable bonds is 9. The summed E-state index contributed by atoms with van der Waals surface area (Å²) in [5.41, 5.74) is 0.974. The predicted molar refractivity (Wildman–Crippen MR) is 121 cm³/mol. The minimum absolute atomic E-state index is 0.0264. The summed E-state index contributed by atoms with van der Waals surface area (Å²) in [6.45, 7) is -0.320. The predicted octanol–water partition coefficient (Wildman–Crippen LogP) is 4.41. The lowest BCUT2D eigenvalue weighted by Gasteiger charge is -2.18. The van der Waals surface area contributed by atoms with Crippen molar-refractivity contribution < 1.29 is 27.2 Å². The maximum absolute atomic E-state index is 12.6. The Hall–Kier alpha value is -3.15. The fraction of sp³-hybridized carbons (Fsp3) is 0.143. The number of carbonyl (C=O) groups excluding carboxylic acids is 1. The number of carbonyl (C=O) groups is 1. The molecule has 32 heavy (non-hydrogen) atoms. The van der Waals surface area contributed by atoms with E-state index in [0.717, 1.165) is 16.2 Å². The molecule has 0 radical (unpaired) electrons. The summed E-state index contributed by atoms with van der Waals surface area (Å²) >= 11 is 2.68. The Bertz CT molecular complexity index is 1260. The largest absolute Gasteiger partial charge is 0.482 e. The fourth-order valence-corrected chi connectivity index (χ4v) is 5.72. The van der Waals surface area contributed by atoms with Crippen LogP contribution in [0.25, 0.3) is 10.6 Å². The van der Waals surface area contributed by atoms with E-state index in [1.54, 1.807) is 47.8 Å². The van der Waals surface area contributed by atoms with Gasteiger partial charge in [0.05, 0.1) is 10.6 Å². The monoisotopic (exact) mass is 490 g/mol. The molecule has 3 aromatic heterocycles. The van der Waals surface area contributed by atoms with Crippen LogP contribution in [0.4, 0.5) is 5.69 Å². The Labute approximate surface area is 192 Å². The number of benzene rings is 1. The minimum atomic E-state index is -3.61. The van der Waals surface area contributed by atoms with Crippen LogP contribution in [0, 0.1) is 0 Å². The second-order valence-electron chi connectivity index (χ2n) is 6.51. The summed E-state index contributed by atoms with van der Waals surface area (Å²) in [6, 6.07) is 15.2. The zero-order chi connectivity index (χ0) is 22.6. The van der Waals surface area contributed by atoms with Crippen LogP contribution in [-0.2, 0) is 26.2 Å². The Morgan fingerprint density at radius 3 is 2.53 bits per heavy atom. The van der Waals surface area contributed by atoms with Crippen LogP contribution < -0.4 is 9.04 Å². The van der Waals surface area contributed by atoms with Gasteiger partial charge in [-0.3, -0.25) is 4.31 Å². The zero-order valence-corrected chi connectivity index (χ0v) is 19.3. The smallest absolute Gasteiger partial charge is 0.344 e. The molecule has 0 aliphatic rings. The van der Waals surface area contributed by atoms with E-state index in [-0.39, 0.29) is 17.4 Å². The van der Waals surface area contributed by atoms with Crippen molar-refractivity contribution in [3.63, 3.8) is 0 Å². The number of aromatic nitrogens is 1. The summed E-state index contributed by atoms with van der Waals surface area (Å²) in [6.07, 6.45) is 0. The molecule has 8 nitrogen and oxygen atoms in total. The summed E-state index contributed by atoms with van der Waals surface area (Å²) in [5, 5.41) is 7.53. The van der Waals surface area contributed by atoms with E-state index in [1.807, 2.05) is 17.5 Å². The highest BCUT2D eigenvalue weighted by Crippen LogP contribution is 2.27. The molecule has 4 rings (SSSR count). The molecule has 0 saturated carbocycles. The van der Waals surface area contributed by atoms with E-state index in [4.69, 9.17) is 14.0 Å². The molecular weight excluding hydrogens is 472 g/mol. The van der Waals surface area contributed by atoms with E-state index in [9.17, 15) is 13.2 Å². The molecule has 11 heteroatoms. The molecule has 0 fully saturated rings. The van der Waals surface area contributed by atoms with E-state index in [2.05, 4.69) is 5.16 Å². The first-order valence-corrected chi connectivity index (χ1v) is 12.5. The van der Waals surface area contributed by atoms with E-state index < -0.39 is 16.0 Å². The highest BCUT2D eigenvalue weighted by molar-refractivity contribution is 7.94. The molecule has 0 atom stereocenters. The van der Waals surface area contributed by atoms with Crippen molar-refractivity contribution in [2.24, 2.45) is 0 Å². The first-order valence-electron chi connectivity index (χ1n) is 9.34. The Morgan fingerprint density at radius 1 is 1.09 bits per heavy atom. The number of anilines is 1. The molecule has 0 spiro atoms. The molecule has 0 aliphatic carbocycles. The van der Waals surface area contributed by atoms with Gasteiger partial charge in [-0.15, -0.1) is 22.7 Å². The van der Waals surface area contributed by atoms with Crippen molar-refractivity contribution in [1.82, 2.24) is 5.16 Å². The van der Waals surface area contributed by atoms with Crippen LogP contribution >= 0.6 is 22.7 Å². The molecule has 0 saturated heterocycles. The quantitative estimate of drug-likeness (QED) is 0.320. The van der Waals surface area contributed by atoms with Crippen LogP contribution in [0.5, 0.6) is 5.75 Å². The average molecular weight is 491 g/mol. The highest BCUT2D eigenvalue weighted by Gasteiger charge is 2.22. The Kier molecular flexibility index (Phi) is 6.58. The number of sulfonamides is 1. The molecule has 166 valence electrons. The lowest BCUT2D eigenvalue weighted by Crippen LogP contribution is -2.25. The summed E-state index contributed by atoms with van der Waals surface area (Å²) in [4.78, 5) is 12.9. The maximum atomic E-state index is 12.6. The second-order valence-corrected chi connectivity index (χ2v) is 10.6. The second kappa shape index (κ2) is 9.55. The zero-order valence-electron chi connectivity index (χ0n) is 16.8. The third-order valence-electron chi connectivity index (χ3n) is 4.37. The first kappa shape index (κ1) is 22.1. The topological polar surface area (TPSA) is 98.9 Å². The average Bonchev–Trinajstić information content (AvgIpc) is 3.58. The van der Waals surface area contributed by atoms with Crippen LogP contribution in [0.3, 0.4) is 0 Å². The van der Waals surface area contributed by atoms with E-state index in [1.165, 1.54) is 22.7 Å². The Morgan fingerprint density at radius 2 is 1.84 bits per heavy atom. The summed E-state index contributed by atoms with van der Waals surface area (Å²) < 4.78 is 42.5. The maximum Gasteiger partial charge on any atom is 0.344 e. The van der Waals surface area contributed by atoms with Crippen molar-refractivity contribution in [3.8, 4) is 16.4 Å². The third kappa shape index (κ3) is 5.01. The molecule has 0 N–H and O–H groups in total. The van der Waals surface area contributed by atoms with Gasteiger partial charge in [-0.1, -0.05) is 17.3 Å². The van der Waals surface area contributed by atoms with Crippen molar-refractivity contribution >= 4 is 44.4 Å². The molecule has 0 amide bonds. The molecule has 0 bridgehead atoms. The number of thiophene rings is 2. The van der Waals surface area contributed by atoms with Gasteiger partial charge in [0.1, 0.15) is 22.3 Å². The van der Waals surface area contributed by atoms with Gasteiger partial charge in [-0.2, -0.15) is 0 Å². The SMILES string of the molecule is CN(c1ccc(OCC(=O)OCc2cc(-c3cccs3)on2)cc1)S(=O)(=O)c1cccs1. The van der Waals surface area contributed by atoms with Crippen molar-refractivity contribution in [2.75, 3.05) is 18.0 Å². The molecule has 0 unspecified atom stereocenters. The van der Waals surface area contributed by atoms with E-state index in [0.29, 0.717) is 22.9 Å². The number of ether oxygens (including phenoxy) is 2. The molecule has 3 heterocycles. The highest BCUT2D eigenvalue weighted by atomic mass is 32.2. The van der Waals surface area contributed by atoms with Gasteiger partial charge < -0.3 is 14.0 Å². The summed E-state index contributed by atoms with van der Waals surface area (Å²) in [5.74, 6) is 0.467. The van der Waals surface area contributed by atoms with Gasteiger partial charge >= 0.3 is 5.97 Å². The molecular formula is C21H18N2O6S3. The van der Waals surface area contributed by atoms with Crippen LogP contribution in [0.2, 0.25) is 0 Å². The van der Waals surface area contributed by atoms with Crippen molar-refractivity contribution in [1.29, 1.82) is 0 Å². The molecule has 1 aromatic carbocycles. The number of hydrogen-bond acceptors (Lipinski definition) is 9. The normalized spacial score (nSPS) is 11.3. The first-order chi connectivity index (χ1) is 15.4. The van der Waals surface area contributed by atoms with Gasteiger partial charge in [0, 0.05) is 13.1 Å². The van der Waals surface area contributed by atoms with Gasteiger partial charge in [0.25, 0.3) is 10.0 Å². The van der Waals surface area contributed by atoms with E-state index >= 15 is 0 Å². The van der Waals surface area contributed by atoms with Gasteiger partial charge in [-0.05, 0) is 47.2 Å². The molecule has 0 aliphatic heterocycles. The summed E-state index contributed by atoms with van der Waals surface area (Å²) in [7, 11) is -2.13. The van der Waals surface area contributed by atoms with Crippen molar-refractivity contribution in [3.05, 3.63) is 71.1 Å². The minimum Gasteiger partial charge on any atom is -0.482 e. The van der Waals surface area contributed by atoms with Crippen LogP contribution in [-0.4, -0.2) is 33.2 Å². The van der Waals surface area contributed by atoms with Gasteiger partial charge in [0.15, 0.2) is 12.4 Å². The van der Waals surface area contributed by atoms with Crippen LogP contribution in [0.15, 0.2) is 74.1 Å². The standard InChI is InChI=1S/C21H18N2O6S3/c1-23(32(25,26)21-5-3-11-31-21)16-6-8-17(9-7-16)27-14-20(24)28-13-15-12-18(29-22-15)19-4-2-10-30-19/h2-12H,13-14H2,1H3. The van der Waals surface area contributed by atoms with Gasteiger partial charge in [-0.25, -0.2) is 13.2 Å². The number of nitrogens with zero attached hydrogens (tertiary/aromatic N) is 2.